The smallest absolute Gasteiger partial charge is 0.307 e. The van der Waals surface area contributed by atoms with Gasteiger partial charge in [0.25, 0.3) is 5.91 Å². The highest BCUT2D eigenvalue weighted by Crippen LogP contribution is 2.25. The minimum absolute atomic E-state index is 0.0325. The largest absolute Gasteiger partial charge is 0.338 e. The highest BCUT2D eigenvalue weighted by atomic mass is 32.1. The molecule has 0 unspecified atom stereocenters. The number of rotatable bonds is 6. The predicted octanol–water partition coefficient (Wildman–Crippen LogP) is 4.00. The molecule has 2 aromatic heterocycles. The Morgan fingerprint density at radius 1 is 1.21 bits per heavy atom. The lowest BCUT2D eigenvalue weighted by Crippen LogP contribution is -2.38. The zero-order valence-corrected chi connectivity index (χ0v) is 16.8. The van der Waals surface area contributed by atoms with Crippen LogP contribution in [0.3, 0.4) is 0 Å². The highest BCUT2D eigenvalue weighted by Gasteiger charge is 2.24. The molecule has 3 heterocycles. The molecule has 3 aromatic rings. The van der Waals surface area contributed by atoms with E-state index in [2.05, 4.69) is 29.4 Å². The number of carbonyl (C=O) groups excluding carboxylic acids is 1. The summed E-state index contributed by atoms with van der Waals surface area (Å²) in [5.41, 5.74) is 2.25. The molecule has 4 rings (SSSR count). The Morgan fingerprint density at radius 2 is 1.97 bits per heavy atom. The number of thiophene rings is 1. The van der Waals surface area contributed by atoms with Gasteiger partial charge in [-0.2, -0.15) is 5.10 Å². The van der Waals surface area contributed by atoms with Crippen LogP contribution in [0, 0.1) is 16.0 Å². The molecule has 150 valence electrons. The quantitative estimate of drug-likeness (QED) is 0.454. The molecule has 0 spiro atoms. The third kappa shape index (κ3) is 4.71. The van der Waals surface area contributed by atoms with Gasteiger partial charge in [-0.15, -0.1) is 11.3 Å². The van der Waals surface area contributed by atoms with E-state index in [0.29, 0.717) is 17.3 Å². The number of nitrogens with zero attached hydrogens (tertiary/aromatic N) is 4. The first-order chi connectivity index (χ1) is 14.1. The number of nitro groups is 1. The van der Waals surface area contributed by atoms with E-state index in [0.717, 1.165) is 37.9 Å². The monoisotopic (exact) mass is 410 g/mol. The molecule has 7 nitrogen and oxygen atoms in total. The average molecular weight is 410 g/mol. The van der Waals surface area contributed by atoms with Gasteiger partial charge in [-0.3, -0.25) is 19.6 Å². The van der Waals surface area contributed by atoms with Gasteiger partial charge in [0, 0.05) is 13.1 Å². The van der Waals surface area contributed by atoms with Crippen LogP contribution in [0.2, 0.25) is 0 Å². The molecule has 1 saturated heterocycles. The van der Waals surface area contributed by atoms with Gasteiger partial charge >= 0.3 is 5.69 Å². The van der Waals surface area contributed by atoms with Crippen LogP contribution in [0.25, 0.3) is 0 Å². The van der Waals surface area contributed by atoms with Gasteiger partial charge in [0.1, 0.15) is 12.4 Å². The number of aromatic nitrogens is 2. The summed E-state index contributed by atoms with van der Waals surface area (Å²) in [5.74, 6) is 0.696. The zero-order chi connectivity index (χ0) is 20.2. The lowest BCUT2D eigenvalue weighted by Gasteiger charge is -2.31. The summed E-state index contributed by atoms with van der Waals surface area (Å²) in [4.78, 5) is 25.8. The van der Waals surface area contributed by atoms with Gasteiger partial charge in [-0.25, -0.2) is 0 Å². The Bertz CT molecular complexity index is 990. The number of amides is 1. The van der Waals surface area contributed by atoms with Crippen LogP contribution in [0.1, 0.15) is 33.6 Å². The Labute approximate surface area is 172 Å². The van der Waals surface area contributed by atoms with E-state index in [1.165, 1.54) is 34.0 Å². The number of benzene rings is 1. The molecule has 29 heavy (non-hydrogen) atoms. The third-order valence-corrected chi connectivity index (χ3v) is 6.28. The maximum Gasteiger partial charge on any atom is 0.307 e. The van der Waals surface area contributed by atoms with Crippen molar-refractivity contribution in [3.8, 4) is 0 Å². The Balaban J connectivity index is 1.31. The maximum absolute atomic E-state index is 12.8. The van der Waals surface area contributed by atoms with Gasteiger partial charge < -0.3 is 4.90 Å². The third-order valence-electron chi connectivity index (χ3n) is 5.31. The summed E-state index contributed by atoms with van der Waals surface area (Å²) in [6.07, 6.45) is 5.75. The van der Waals surface area contributed by atoms with Crippen LogP contribution in [0.5, 0.6) is 0 Å². The molecule has 0 aliphatic carbocycles. The van der Waals surface area contributed by atoms with Crippen molar-refractivity contribution in [3.63, 3.8) is 0 Å². The molecule has 0 N–H and O–H groups in total. The van der Waals surface area contributed by atoms with Crippen LogP contribution < -0.4 is 0 Å². The molecule has 1 fully saturated rings. The number of hydrogen-bond acceptors (Lipinski definition) is 5. The summed E-state index contributed by atoms with van der Waals surface area (Å²) >= 11 is 1.42. The van der Waals surface area contributed by atoms with Gasteiger partial charge in [0.05, 0.1) is 16.3 Å². The average Bonchev–Trinajstić information content (AvgIpc) is 3.39. The Morgan fingerprint density at radius 3 is 2.66 bits per heavy atom. The van der Waals surface area contributed by atoms with Gasteiger partial charge in [0.15, 0.2) is 0 Å². The van der Waals surface area contributed by atoms with E-state index in [4.69, 9.17) is 0 Å². The van der Waals surface area contributed by atoms with Crippen molar-refractivity contribution in [3.05, 3.63) is 80.3 Å². The van der Waals surface area contributed by atoms with Crippen molar-refractivity contribution in [1.82, 2.24) is 14.7 Å². The van der Waals surface area contributed by atoms with E-state index < -0.39 is 4.92 Å². The second kappa shape index (κ2) is 8.57. The summed E-state index contributed by atoms with van der Waals surface area (Å²) in [6, 6.07) is 12.4. The van der Waals surface area contributed by atoms with E-state index in [1.807, 2.05) is 22.4 Å². The van der Waals surface area contributed by atoms with Crippen molar-refractivity contribution in [1.29, 1.82) is 0 Å². The molecule has 1 aliphatic heterocycles. The van der Waals surface area contributed by atoms with E-state index in [9.17, 15) is 14.9 Å². The standard InChI is InChI=1S/C21H22N4O3S/c26-21(23-8-6-17(7-9-23)10-16-4-2-1-3-5-16)20-11-18(15-29-20)13-24-14-19(12-22-24)25(27)28/h1-5,11-12,14-15,17H,6-10,13H2. The number of likely N-dealkylation sites (tertiary alicyclic amines) is 1. The molecule has 0 saturated carbocycles. The molecular formula is C21H22N4O3S. The van der Waals surface area contributed by atoms with Crippen molar-refractivity contribution >= 4 is 22.9 Å². The number of carbonyl (C=O) groups is 1. The molecule has 1 aliphatic rings. The van der Waals surface area contributed by atoms with Crippen LogP contribution in [0.4, 0.5) is 5.69 Å². The van der Waals surface area contributed by atoms with Crippen LogP contribution in [0.15, 0.2) is 54.2 Å². The van der Waals surface area contributed by atoms with Crippen LogP contribution >= 0.6 is 11.3 Å². The van der Waals surface area contributed by atoms with E-state index >= 15 is 0 Å². The van der Waals surface area contributed by atoms with Gasteiger partial charge in [-0.05, 0) is 47.8 Å². The summed E-state index contributed by atoms with van der Waals surface area (Å²) < 4.78 is 1.52. The van der Waals surface area contributed by atoms with Crippen LogP contribution in [-0.2, 0) is 13.0 Å². The molecule has 0 atom stereocenters. The molecule has 0 radical (unpaired) electrons. The maximum atomic E-state index is 12.8. The van der Waals surface area contributed by atoms with E-state index in [1.54, 1.807) is 0 Å². The minimum atomic E-state index is -0.465. The molecule has 1 aromatic carbocycles. The fourth-order valence-corrected chi connectivity index (χ4v) is 4.60. The summed E-state index contributed by atoms with van der Waals surface area (Å²) in [7, 11) is 0. The van der Waals surface area contributed by atoms with E-state index in [-0.39, 0.29) is 11.6 Å². The first kappa shape index (κ1) is 19.3. The van der Waals surface area contributed by atoms with Crippen LogP contribution in [-0.4, -0.2) is 38.6 Å². The zero-order valence-electron chi connectivity index (χ0n) is 15.9. The lowest BCUT2D eigenvalue weighted by atomic mass is 9.90. The second-order valence-corrected chi connectivity index (χ2v) is 8.31. The Hall–Kier alpha value is -3.00. The normalized spacial score (nSPS) is 14.8. The summed E-state index contributed by atoms with van der Waals surface area (Å²) in [6.45, 7) is 1.99. The van der Waals surface area contributed by atoms with Crippen molar-refractivity contribution in [2.75, 3.05) is 13.1 Å². The fraction of sp³-hybridized carbons (Fsp3) is 0.333. The van der Waals surface area contributed by atoms with Gasteiger partial charge in [-0.1, -0.05) is 30.3 Å². The first-order valence-electron chi connectivity index (χ1n) is 9.66. The van der Waals surface area contributed by atoms with Crippen molar-refractivity contribution < 1.29 is 9.72 Å². The number of hydrogen-bond donors (Lipinski definition) is 0. The Kier molecular flexibility index (Phi) is 5.71. The lowest BCUT2D eigenvalue weighted by molar-refractivity contribution is -0.385. The first-order valence-corrected chi connectivity index (χ1v) is 10.5. The topological polar surface area (TPSA) is 81.3 Å². The fourth-order valence-electron chi connectivity index (χ4n) is 3.73. The second-order valence-electron chi connectivity index (χ2n) is 7.40. The van der Waals surface area contributed by atoms with Crippen molar-refractivity contribution in [2.24, 2.45) is 5.92 Å². The molecule has 0 bridgehead atoms. The van der Waals surface area contributed by atoms with Crippen molar-refractivity contribution in [2.45, 2.75) is 25.8 Å². The van der Waals surface area contributed by atoms with Gasteiger partial charge in [0.2, 0.25) is 0 Å². The SMILES string of the molecule is O=C(c1cc(Cn2cc([N+](=O)[O-])cn2)cs1)N1CCC(Cc2ccccc2)CC1. The number of piperidine rings is 1. The molecular weight excluding hydrogens is 388 g/mol. The molecule has 8 heteroatoms. The summed E-state index contributed by atoms with van der Waals surface area (Å²) in [5, 5.41) is 16.7. The predicted molar refractivity (Wildman–Crippen MR) is 111 cm³/mol. The minimum Gasteiger partial charge on any atom is -0.338 e. The molecule has 1 amide bonds. The highest BCUT2D eigenvalue weighted by molar-refractivity contribution is 7.12.